The average Bonchev–Trinajstić information content (AvgIpc) is 2.40. The molecule has 1 aromatic heterocycles. The van der Waals surface area contributed by atoms with Crippen molar-refractivity contribution in [1.29, 1.82) is 0 Å². The molecule has 0 aliphatic heterocycles. The molecule has 0 unspecified atom stereocenters. The summed E-state index contributed by atoms with van der Waals surface area (Å²) < 4.78 is 5.73. The van der Waals surface area contributed by atoms with Crippen LogP contribution in [0.4, 0.5) is 5.95 Å². The molecule has 0 atom stereocenters. The zero-order chi connectivity index (χ0) is 12.4. The van der Waals surface area contributed by atoms with E-state index in [0.717, 1.165) is 22.4 Å². The van der Waals surface area contributed by atoms with Gasteiger partial charge in [0, 0.05) is 11.6 Å². The van der Waals surface area contributed by atoms with Gasteiger partial charge in [0.05, 0.1) is 5.52 Å². The van der Waals surface area contributed by atoms with Crippen molar-refractivity contribution in [3.8, 4) is 11.5 Å². The molecule has 18 heavy (non-hydrogen) atoms. The molecule has 3 rings (SSSR count). The molecule has 0 fully saturated rings. The quantitative estimate of drug-likeness (QED) is 0.744. The number of anilines is 1. The average molecular weight is 237 g/mol. The highest BCUT2D eigenvalue weighted by Gasteiger charge is 2.01. The predicted octanol–water partition coefficient (Wildman–Crippen LogP) is 3.00. The second-order valence-electron chi connectivity index (χ2n) is 3.86. The fourth-order valence-electron chi connectivity index (χ4n) is 1.71. The lowest BCUT2D eigenvalue weighted by molar-refractivity contribution is 0.483. The molecule has 0 saturated carbocycles. The van der Waals surface area contributed by atoms with E-state index in [4.69, 9.17) is 10.5 Å². The Morgan fingerprint density at radius 2 is 1.78 bits per heavy atom. The first-order valence-electron chi connectivity index (χ1n) is 5.56. The zero-order valence-corrected chi connectivity index (χ0v) is 9.58. The maximum Gasteiger partial charge on any atom is 0.220 e. The van der Waals surface area contributed by atoms with Gasteiger partial charge in [-0.3, -0.25) is 0 Å². The van der Waals surface area contributed by atoms with Gasteiger partial charge in [0.1, 0.15) is 11.5 Å². The second kappa shape index (κ2) is 4.33. The minimum absolute atomic E-state index is 0.277. The Balaban J connectivity index is 1.96. The Labute approximate surface area is 104 Å². The van der Waals surface area contributed by atoms with Crippen molar-refractivity contribution in [3.05, 3.63) is 54.7 Å². The molecule has 0 aliphatic rings. The standard InChI is InChI=1S/C14H11N3O/c15-14-16-9-10-8-12(6-7-13(10)17-14)18-11-4-2-1-3-5-11/h1-9H,(H2,15,16,17). The van der Waals surface area contributed by atoms with E-state index in [9.17, 15) is 0 Å². The van der Waals surface area contributed by atoms with Gasteiger partial charge in [-0.05, 0) is 30.3 Å². The van der Waals surface area contributed by atoms with Gasteiger partial charge in [-0.25, -0.2) is 9.97 Å². The maximum atomic E-state index is 5.73. The van der Waals surface area contributed by atoms with E-state index < -0.39 is 0 Å². The Morgan fingerprint density at radius 3 is 2.61 bits per heavy atom. The molecule has 3 aromatic rings. The second-order valence-corrected chi connectivity index (χ2v) is 3.86. The number of hydrogen-bond donors (Lipinski definition) is 1. The number of nitrogens with two attached hydrogens (primary N) is 1. The number of hydrogen-bond acceptors (Lipinski definition) is 4. The molecule has 1 heterocycles. The number of rotatable bonds is 2. The molecule has 88 valence electrons. The first-order chi connectivity index (χ1) is 8.81. The molecule has 4 heteroatoms. The van der Waals surface area contributed by atoms with Crippen LogP contribution in [0.15, 0.2) is 54.7 Å². The molecular formula is C14H11N3O. The van der Waals surface area contributed by atoms with Crippen molar-refractivity contribution >= 4 is 16.9 Å². The van der Waals surface area contributed by atoms with Crippen molar-refractivity contribution in [2.24, 2.45) is 0 Å². The van der Waals surface area contributed by atoms with E-state index in [0.29, 0.717) is 0 Å². The SMILES string of the molecule is Nc1ncc2cc(Oc3ccccc3)ccc2n1. The first kappa shape index (κ1) is 10.5. The lowest BCUT2D eigenvalue weighted by atomic mass is 10.2. The van der Waals surface area contributed by atoms with Crippen molar-refractivity contribution < 1.29 is 4.74 Å². The Hall–Kier alpha value is -2.62. The van der Waals surface area contributed by atoms with Gasteiger partial charge in [0.15, 0.2) is 0 Å². The van der Waals surface area contributed by atoms with Gasteiger partial charge in [0.25, 0.3) is 0 Å². The van der Waals surface area contributed by atoms with Crippen LogP contribution in [-0.4, -0.2) is 9.97 Å². The molecule has 0 amide bonds. The fraction of sp³-hybridized carbons (Fsp3) is 0. The van der Waals surface area contributed by atoms with Crippen molar-refractivity contribution in [1.82, 2.24) is 9.97 Å². The van der Waals surface area contributed by atoms with Crippen molar-refractivity contribution in [2.45, 2.75) is 0 Å². The van der Waals surface area contributed by atoms with Crippen LogP contribution in [0.1, 0.15) is 0 Å². The summed E-state index contributed by atoms with van der Waals surface area (Å²) in [5.41, 5.74) is 6.34. The van der Waals surface area contributed by atoms with Crippen LogP contribution < -0.4 is 10.5 Å². The minimum Gasteiger partial charge on any atom is -0.457 e. The smallest absolute Gasteiger partial charge is 0.220 e. The van der Waals surface area contributed by atoms with E-state index in [1.807, 2.05) is 48.5 Å². The number of nitrogens with zero attached hydrogens (tertiary/aromatic N) is 2. The summed E-state index contributed by atoms with van der Waals surface area (Å²) in [6, 6.07) is 15.2. The Bertz CT molecular complexity index is 683. The highest BCUT2D eigenvalue weighted by molar-refractivity contribution is 5.80. The Kier molecular flexibility index (Phi) is 2.53. The lowest BCUT2D eigenvalue weighted by Gasteiger charge is -2.06. The first-order valence-corrected chi connectivity index (χ1v) is 5.56. The van der Waals surface area contributed by atoms with Gasteiger partial charge in [-0.2, -0.15) is 0 Å². The van der Waals surface area contributed by atoms with E-state index in [1.54, 1.807) is 6.20 Å². The largest absolute Gasteiger partial charge is 0.457 e. The number of aromatic nitrogens is 2. The highest BCUT2D eigenvalue weighted by atomic mass is 16.5. The number of para-hydroxylation sites is 1. The van der Waals surface area contributed by atoms with Gasteiger partial charge in [-0.1, -0.05) is 18.2 Å². The molecule has 2 N–H and O–H groups in total. The third-order valence-corrected chi connectivity index (χ3v) is 2.55. The summed E-state index contributed by atoms with van der Waals surface area (Å²) in [7, 11) is 0. The summed E-state index contributed by atoms with van der Waals surface area (Å²) in [6.45, 7) is 0. The molecule has 2 aromatic carbocycles. The maximum absolute atomic E-state index is 5.73. The van der Waals surface area contributed by atoms with E-state index in [1.165, 1.54) is 0 Å². The summed E-state index contributed by atoms with van der Waals surface area (Å²) >= 11 is 0. The summed E-state index contributed by atoms with van der Waals surface area (Å²) in [4.78, 5) is 8.10. The van der Waals surface area contributed by atoms with Crippen LogP contribution in [0.2, 0.25) is 0 Å². The summed E-state index contributed by atoms with van der Waals surface area (Å²) in [5, 5.41) is 0.901. The molecular weight excluding hydrogens is 226 g/mol. The number of nitrogen functional groups attached to an aromatic ring is 1. The summed E-state index contributed by atoms with van der Waals surface area (Å²) in [6.07, 6.45) is 1.69. The molecule has 0 aliphatic carbocycles. The zero-order valence-electron chi connectivity index (χ0n) is 9.58. The lowest BCUT2D eigenvalue weighted by Crippen LogP contribution is -1.94. The number of benzene rings is 2. The third-order valence-electron chi connectivity index (χ3n) is 2.55. The normalized spacial score (nSPS) is 10.4. The van der Waals surface area contributed by atoms with Gasteiger partial charge in [-0.15, -0.1) is 0 Å². The van der Waals surface area contributed by atoms with Crippen LogP contribution in [0.5, 0.6) is 11.5 Å². The van der Waals surface area contributed by atoms with Crippen LogP contribution in [-0.2, 0) is 0 Å². The molecule has 0 spiro atoms. The molecule has 4 nitrogen and oxygen atoms in total. The van der Waals surface area contributed by atoms with Crippen molar-refractivity contribution in [3.63, 3.8) is 0 Å². The van der Waals surface area contributed by atoms with E-state index in [2.05, 4.69) is 9.97 Å². The number of ether oxygens (including phenoxy) is 1. The van der Waals surface area contributed by atoms with Crippen LogP contribution in [0.3, 0.4) is 0 Å². The van der Waals surface area contributed by atoms with Crippen LogP contribution in [0, 0.1) is 0 Å². The monoisotopic (exact) mass is 237 g/mol. The minimum atomic E-state index is 0.277. The third kappa shape index (κ3) is 2.08. The van der Waals surface area contributed by atoms with Gasteiger partial charge < -0.3 is 10.5 Å². The predicted molar refractivity (Wildman–Crippen MR) is 70.5 cm³/mol. The highest BCUT2D eigenvalue weighted by Crippen LogP contribution is 2.24. The molecule has 0 radical (unpaired) electrons. The number of fused-ring (bicyclic) bond motifs is 1. The molecule has 0 saturated heterocycles. The van der Waals surface area contributed by atoms with Crippen LogP contribution in [0.25, 0.3) is 10.9 Å². The molecule has 0 bridgehead atoms. The van der Waals surface area contributed by atoms with Gasteiger partial charge in [0.2, 0.25) is 5.95 Å². The van der Waals surface area contributed by atoms with E-state index in [-0.39, 0.29) is 5.95 Å². The van der Waals surface area contributed by atoms with Crippen molar-refractivity contribution in [2.75, 3.05) is 5.73 Å². The van der Waals surface area contributed by atoms with Crippen LogP contribution >= 0.6 is 0 Å². The topological polar surface area (TPSA) is 61.0 Å². The fourth-order valence-corrected chi connectivity index (χ4v) is 1.71. The Morgan fingerprint density at radius 1 is 0.944 bits per heavy atom. The van der Waals surface area contributed by atoms with Gasteiger partial charge >= 0.3 is 0 Å². The van der Waals surface area contributed by atoms with E-state index >= 15 is 0 Å². The summed E-state index contributed by atoms with van der Waals surface area (Å²) in [5.74, 6) is 1.83.